The number of carbonyl (C=O) groups excluding carboxylic acids is 1. The van der Waals surface area contributed by atoms with Crippen LogP contribution in [-0.2, 0) is 4.79 Å². The van der Waals surface area contributed by atoms with Gasteiger partial charge in [0.25, 0.3) is 0 Å². The Morgan fingerprint density at radius 3 is 2.85 bits per heavy atom. The standard InChI is InChI=1S/C23H26BrN9O/c1-12(25)15-8-14(9-17-18(15)28-7-6-27-17)33-20-16(19(24)32-33)11-29-22(31-20)30-13-4-5-23(2,10-13)21(34)26-3/h6-9,11-13H,4-5,10,25H2,1-3H3,(H,26,34)(H,29,30,31)/t12-,13+,23+/m0/s1. The zero-order valence-corrected chi connectivity index (χ0v) is 20.8. The largest absolute Gasteiger partial charge is 0.359 e. The molecule has 1 fully saturated rings. The highest BCUT2D eigenvalue weighted by atomic mass is 79.9. The number of aromatic nitrogens is 6. The molecule has 0 aliphatic heterocycles. The van der Waals surface area contributed by atoms with Crippen LogP contribution in [0.15, 0.2) is 35.3 Å². The Bertz CT molecular complexity index is 1400. The van der Waals surface area contributed by atoms with E-state index in [1.54, 1.807) is 30.3 Å². The van der Waals surface area contributed by atoms with Crippen molar-refractivity contribution in [2.75, 3.05) is 12.4 Å². The van der Waals surface area contributed by atoms with Gasteiger partial charge in [-0.15, -0.1) is 0 Å². The molecule has 0 spiro atoms. The second-order valence-corrected chi connectivity index (χ2v) is 9.86. The average molecular weight is 524 g/mol. The first kappa shape index (κ1) is 22.6. The van der Waals surface area contributed by atoms with Gasteiger partial charge < -0.3 is 16.4 Å². The van der Waals surface area contributed by atoms with E-state index in [2.05, 4.69) is 46.6 Å². The van der Waals surface area contributed by atoms with Crippen LogP contribution in [0.3, 0.4) is 0 Å². The summed E-state index contributed by atoms with van der Waals surface area (Å²) in [5.74, 6) is 0.569. The van der Waals surface area contributed by atoms with Crippen molar-refractivity contribution >= 4 is 49.9 Å². The highest BCUT2D eigenvalue weighted by molar-refractivity contribution is 9.10. The van der Waals surface area contributed by atoms with Gasteiger partial charge in [0.2, 0.25) is 11.9 Å². The van der Waals surface area contributed by atoms with Gasteiger partial charge in [-0.3, -0.25) is 14.8 Å². The van der Waals surface area contributed by atoms with Crippen molar-refractivity contribution in [2.45, 2.75) is 45.2 Å². The number of nitrogens with one attached hydrogen (secondary N) is 2. The van der Waals surface area contributed by atoms with Gasteiger partial charge in [-0.1, -0.05) is 6.92 Å². The van der Waals surface area contributed by atoms with Gasteiger partial charge in [0.05, 0.1) is 22.1 Å². The first-order valence-corrected chi connectivity index (χ1v) is 12.0. The third kappa shape index (κ3) is 3.88. The van der Waals surface area contributed by atoms with E-state index < -0.39 is 0 Å². The van der Waals surface area contributed by atoms with E-state index >= 15 is 0 Å². The Kier molecular flexibility index (Phi) is 5.68. The highest BCUT2D eigenvalue weighted by Gasteiger charge is 2.41. The van der Waals surface area contributed by atoms with Crippen LogP contribution in [-0.4, -0.2) is 48.7 Å². The smallest absolute Gasteiger partial charge is 0.225 e. The molecule has 34 heavy (non-hydrogen) atoms. The molecular weight excluding hydrogens is 498 g/mol. The number of rotatable bonds is 5. The molecule has 1 aliphatic carbocycles. The van der Waals surface area contributed by atoms with Crippen molar-refractivity contribution in [1.82, 2.24) is 35.0 Å². The third-order valence-electron chi connectivity index (χ3n) is 6.55. The first-order valence-electron chi connectivity index (χ1n) is 11.2. The molecule has 1 amide bonds. The Morgan fingerprint density at radius 2 is 2.09 bits per heavy atom. The number of benzene rings is 1. The number of anilines is 1. The molecular formula is C23H26BrN9O. The summed E-state index contributed by atoms with van der Waals surface area (Å²) in [4.78, 5) is 30.5. The second kappa shape index (κ2) is 8.55. The molecule has 1 saturated carbocycles. The fraction of sp³-hybridized carbons (Fsp3) is 0.391. The number of nitrogens with zero attached hydrogens (tertiary/aromatic N) is 6. The van der Waals surface area contributed by atoms with E-state index in [0.717, 1.165) is 46.9 Å². The van der Waals surface area contributed by atoms with Gasteiger partial charge in [0.15, 0.2) is 5.65 Å². The summed E-state index contributed by atoms with van der Waals surface area (Å²) in [5.41, 5.74) is 9.68. The maximum absolute atomic E-state index is 12.3. The highest BCUT2D eigenvalue weighted by Crippen LogP contribution is 2.39. The SMILES string of the molecule is CNC(=O)[C@]1(C)CC[C@@H](Nc2ncc3c(Br)nn(-c4cc([C@H](C)N)c5nccnc5c4)c3n2)C1. The minimum atomic E-state index is -0.386. The molecule has 5 rings (SSSR count). The molecule has 0 saturated heterocycles. The first-order chi connectivity index (χ1) is 16.3. The summed E-state index contributed by atoms with van der Waals surface area (Å²) in [6.45, 7) is 3.92. The van der Waals surface area contributed by atoms with Gasteiger partial charge in [-0.2, -0.15) is 10.1 Å². The summed E-state index contributed by atoms with van der Waals surface area (Å²) >= 11 is 3.53. The number of fused-ring (bicyclic) bond motifs is 2. The summed E-state index contributed by atoms with van der Waals surface area (Å²) in [7, 11) is 1.68. The maximum Gasteiger partial charge on any atom is 0.225 e. The minimum Gasteiger partial charge on any atom is -0.359 e. The average Bonchev–Trinajstić information content (AvgIpc) is 3.37. The number of halogens is 1. The Hall–Kier alpha value is -3.18. The lowest BCUT2D eigenvalue weighted by Gasteiger charge is -2.22. The predicted molar refractivity (Wildman–Crippen MR) is 133 cm³/mol. The van der Waals surface area contributed by atoms with Gasteiger partial charge >= 0.3 is 0 Å². The van der Waals surface area contributed by atoms with Crippen LogP contribution < -0.4 is 16.4 Å². The van der Waals surface area contributed by atoms with Crippen LogP contribution in [0.5, 0.6) is 0 Å². The molecule has 3 aromatic heterocycles. The summed E-state index contributed by atoms with van der Waals surface area (Å²) < 4.78 is 2.40. The molecule has 1 aromatic carbocycles. The van der Waals surface area contributed by atoms with Gasteiger partial charge in [0.1, 0.15) is 4.60 Å². The van der Waals surface area contributed by atoms with Crippen LogP contribution in [0.1, 0.15) is 44.7 Å². The number of hydrogen-bond donors (Lipinski definition) is 3. The Morgan fingerprint density at radius 1 is 1.29 bits per heavy atom. The summed E-state index contributed by atoms with van der Waals surface area (Å²) in [5, 5.41) is 11.6. The van der Waals surface area contributed by atoms with E-state index in [4.69, 9.17) is 10.7 Å². The van der Waals surface area contributed by atoms with Crippen LogP contribution in [0.25, 0.3) is 27.8 Å². The van der Waals surface area contributed by atoms with Crippen molar-refractivity contribution in [3.05, 3.63) is 40.9 Å². The van der Waals surface area contributed by atoms with E-state index in [9.17, 15) is 4.79 Å². The minimum absolute atomic E-state index is 0.0690. The van der Waals surface area contributed by atoms with Crippen molar-refractivity contribution in [3.63, 3.8) is 0 Å². The van der Waals surface area contributed by atoms with E-state index in [1.807, 2.05) is 26.0 Å². The quantitative estimate of drug-likeness (QED) is 0.362. The van der Waals surface area contributed by atoms with Crippen molar-refractivity contribution < 1.29 is 4.79 Å². The molecule has 4 N–H and O–H groups in total. The lowest BCUT2D eigenvalue weighted by atomic mass is 9.87. The molecule has 0 unspecified atom stereocenters. The number of hydrogen-bond acceptors (Lipinski definition) is 8. The fourth-order valence-corrected chi connectivity index (χ4v) is 5.17. The van der Waals surface area contributed by atoms with Crippen LogP contribution in [0.2, 0.25) is 0 Å². The second-order valence-electron chi connectivity index (χ2n) is 9.11. The van der Waals surface area contributed by atoms with Crippen LogP contribution >= 0.6 is 15.9 Å². The molecule has 4 aromatic rings. The van der Waals surface area contributed by atoms with Crippen molar-refractivity contribution in [3.8, 4) is 5.69 Å². The molecule has 0 bridgehead atoms. The monoisotopic (exact) mass is 523 g/mol. The molecule has 3 atom stereocenters. The lowest BCUT2D eigenvalue weighted by molar-refractivity contribution is -0.129. The van der Waals surface area contributed by atoms with Crippen molar-refractivity contribution in [2.24, 2.45) is 11.1 Å². The molecule has 1 aliphatic rings. The molecule has 176 valence electrons. The fourth-order valence-electron chi connectivity index (χ4n) is 4.73. The zero-order chi connectivity index (χ0) is 24.0. The van der Waals surface area contributed by atoms with Crippen LogP contribution in [0.4, 0.5) is 5.95 Å². The maximum atomic E-state index is 12.3. The topological polar surface area (TPSA) is 137 Å². The van der Waals surface area contributed by atoms with Gasteiger partial charge in [0, 0.05) is 43.1 Å². The van der Waals surface area contributed by atoms with E-state index in [-0.39, 0.29) is 23.4 Å². The third-order valence-corrected chi connectivity index (χ3v) is 7.14. The Labute approximate surface area is 204 Å². The van der Waals surface area contributed by atoms with Gasteiger partial charge in [-0.05, 0) is 59.8 Å². The number of amides is 1. The van der Waals surface area contributed by atoms with Crippen molar-refractivity contribution in [1.29, 1.82) is 0 Å². The number of nitrogens with two attached hydrogens (primary N) is 1. The molecule has 0 radical (unpaired) electrons. The molecule has 11 heteroatoms. The summed E-state index contributed by atoms with van der Waals surface area (Å²) in [6.07, 6.45) is 7.48. The molecule has 3 heterocycles. The number of carbonyl (C=O) groups is 1. The summed E-state index contributed by atoms with van der Waals surface area (Å²) in [6, 6.07) is 3.78. The van der Waals surface area contributed by atoms with Gasteiger partial charge in [-0.25, -0.2) is 9.67 Å². The predicted octanol–water partition coefficient (Wildman–Crippen LogP) is 3.26. The van der Waals surface area contributed by atoms with E-state index in [0.29, 0.717) is 16.2 Å². The van der Waals surface area contributed by atoms with Crippen LogP contribution in [0, 0.1) is 5.41 Å². The normalized spacial score (nSPS) is 21.1. The zero-order valence-electron chi connectivity index (χ0n) is 19.2. The van der Waals surface area contributed by atoms with E-state index in [1.165, 1.54) is 0 Å². The lowest BCUT2D eigenvalue weighted by Crippen LogP contribution is -2.35. The molecule has 10 nitrogen and oxygen atoms in total. The Balaban J connectivity index is 1.53.